The van der Waals surface area contributed by atoms with Crippen LogP contribution in [0, 0.1) is 6.92 Å². The number of rotatable bonds is 4. The van der Waals surface area contributed by atoms with Crippen LogP contribution in [-0.4, -0.2) is 11.5 Å². The van der Waals surface area contributed by atoms with Gasteiger partial charge in [0.25, 0.3) is 0 Å². The highest BCUT2D eigenvalue weighted by molar-refractivity contribution is 7.14. The Labute approximate surface area is 111 Å². The van der Waals surface area contributed by atoms with Gasteiger partial charge in [-0.3, -0.25) is 0 Å². The molecule has 0 spiro atoms. The number of thiazole rings is 1. The van der Waals surface area contributed by atoms with Gasteiger partial charge in [-0.15, -0.1) is 22.7 Å². The maximum atomic E-state index is 5.66. The van der Waals surface area contributed by atoms with Crippen molar-refractivity contribution in [2.24, 2.45) is 5.73 Å². The van der Waals surface area contributed by atoms with E-state index in [-0.39, 0.29) is 5.41 Å². The van der Waals surface area contributed by atoms with Gasteiger partial charge in [0.2, 0.25) is 0 Å². The van der Waals surface area contributed by atoms with E-state index in [0.29, 0.717) is 6.54 Å². The standard InChI is InChI=1S/C13H18N2S2/c1-9-4-7-16-11(9)10-8-17-12(15-10)13(2,3)5-6-14/h4,7-8H,5-6,14H2,1-3H3. The number of aryl methyl sites for hydroxylation is 1. The third-order valence-electron chi connectivity index (χ3n) is 2.95. The van der Waals surface area contributed by atoms with Crippen LogP contribution in [0.25, 0.3) is 10.6 Å². The number of hydrogen-bond donors (Lipinski definition) is 1. The van der Waals surface area contributed by atoms with E-state index < -0.39 is 0 Å². The van der Waals surface area contributed by atoms with Gasteiger partial charge in [0, 0.05) is 10.8 Å². The third kappa shape index (κ3) is 2.59. The lowest BCUT2D eigenvalue weighted by Crippen LogP contribution is -2.21. The van der Waals surface area contributed by atoms with Crippen LogP contribution in [0.1, 0.15) is 30.8 Å². The van der Waals surface area contributed by atoms with Crippen molar-refractivity contribution >= 4 is 22.7 Å². The molecule has 0 aliphatic carbocycles. The maximum absolute atomic E-state index is 5.66. The molecule has 2 N–H and O–H groups in total. The molecule has 0 amide bonds. The Morgan fingerprint density at radius 1 is 1.35 bits per heavy atom. The highest BCUT2D eigenvalue weighted by Gasteiger charge is 2.24. The molecule has 92 valence electrons. The minimum atomic E-state index is 0.0861. The lowest BCUT2D eigenvalue weighted by Gasteiger charge is -2.20. The van der Waals surface area contributed by atoms with Gasteiger partial charge in [-0.25, -0.2) is 4.98 Å². The van der Waals surface area contributed by atoms with E-state index in [4.69, 9.17) is 10.7 Å². The first-order chi connectivity index (χ1) is 8.04. The molecule has 4 heteroatoms. The summed E-state index contributed by atoms with van der Waals surface area (Å²) < 4.78 is 0. The van der Waals surface area contributed by atoms with Crippen molar-refractivity contribution in [2.45, 2.75) is 32.6 Å². The van der Waals surface area contributed by atoms with Gasteiger partial charge >= 0.3 is 0 Å². The van der Waals surface area contributed by atoms with E-state index in [1.807, 2.05) is 0 Å². The average molecular weight is 266 g/mol. The molecule has 0 saturated carbocycles. The van der Waals surface area contributed by atoms with Crippen LogP contribution in [-0.2, 0) is 5.41 Å². The molecule has 0 fully saturated rings. The second kappa shape index (κ2) is 4.88. The van der Waals surface area contributed by atoms with Crippen molar-refractivity contribution in [1.29, 1.82) is 0 Å². The molecule has 0 bridgehead atoms. The molecule has 0 aromatic carbocycles. The van der Waals surface area contributed by atoms with Crippen LogP contribution in [0.5, 0.6) is 0 Å². The monoisotopic (exact) mass is 266 g/mol. The van der Waals surface area contributed by atoms with E-state index in [1.54, 1.807) is 22.7 Å². The fourth-order valence-corrected chi connectivity index (χ4v) is 3.72. The average Bonchev–Trinajstić information content (AvgIpc) is 2.85. The fraction of sp³-hybridized carbons (Fsp3) is 0.462. The molecular formula is C13H18N2S2. The van der Waals surface area contributed by atoms with Crippen LogP contribution in [0.4, 0.5) is 0 Å². The minimum absolute atomic E-state index is 0.0861. The van der Waals surface area contributed by atoms with Gasteiger partial charge in [-0.1, -0.05) is 13.8 Å². The summed E-state index contributed by atoms with van der Waals surface area (Å²) in [5, 5.41) is 5.46. The van der Waals surface area contributed by atoms with Crippen molar-refractivity contribution < 1.29 is 0 Å². The second-order valence-electron chi connectivity index (χ2n) is 4.89. The summed E-state index contributed by atoms with van der Waals surface area (Å²) in [4.78, 5) is 6.07. The van der Waals surface area contributed by atoms with Crippen molar-refractivity contribution in [3.63, 3.8) is 0 Å². The van der Waals surface area contributed by atoms with Gasteiger partial charge in [0.05, 0.1) is 15.6 Å². The highest BCUT2D eigenvalue weighted by atomic mass is 32.1. The summed E-state index contributed by atoms with van der Waals surface area (Å²) in [6.07, 6.45) is 0.976. The molecule has 0 aliphatic heterocycles. The quantitative estimate of drug-likeness (QED) is 0.914. The number of thiophene rings is 1. The zero-order valence-electron chi connectivity index (χ0n) is 10.5. The van der Waals surface area contributed by atoms with Crippen LogP contribution in [0.2, 0.25) is 0 Å². The highest BCUT2D eigenvalue weighted by Crippen LogP contribution is 2.35. The van der Waals surface area contributed by atoms with Crippen LogP contribution in [0.3, 0.4) is 0 Å². The molecule has 0 atom stereocenters. The van der Waals surface area contributed by atoms with E-state index in [1.165, 1.54) is 15.4 Å². The minimum Gasteiger partial charge on any atom is -0.330 e. The van der Waals surface area contributed by atoms with Gasteiger partial charge in [0.1, 0.15) is 0 Å². The smallest absolute Gasteiger partial charge is 0.0989 e. The van der Waals surface area contributed by atoms with Crippen molar-refractivity contribution in [2.75, 3.05) is 6.54 Å². The van der Waals surface area contributed by atoms with Crippen LogP contribution < -0.4 is 5.73 Å². The van der Waals surface area contributed by atoms with Crippen LogP contribution >= 0.6 is 22.7 Å². The SMILES string of the molecule is Cc1ccsc1-c1csc(C(C)(C)CCN)n1. The van der Waals surface area contributed by atoms with Gasteiger partial charge in [-0.2, -0.15) is 0 Å². The summed E-state index contributed by atoms with van der Waals surface area (Å²) in [5.74, 6) is 0. The second-order valence-corrected chi connectivity index (χ2v) is 6.67. The molecule has 0 saturated heterocycles. The molecule has 2 aromatic rings. The molecule has 17 heavy (non-hydrogen) atoms. The summed E-state index contributed by atoms with van der Waals surface area (Å²) in [7, 11) is 0. The summed E-state index contributed by atoms with van der Waals surface area (Å²) in [6.45, 7) is 7.27. The van der Waals surface area contributed by atoms with E-state index >= 15 is 0 Å². The van der Waals surface area contributed by atoms with Gasteiger partial charge in [-0.05, 0) is 36.9 Å². The Balaban J connectivity index is 2.31. The van der Waals surface area contributed by atoms with Gasteiger partial charge < -0.3 is 5.73 Å². The first kappa shape index (κ1) is 12.7. The summed E-state index contributed by atoms with van der Waals surface area (Å²) in [5.41, 5.74) is 8.16. The molecule has 2 rings (SSSR count). The third-order valence-corrected chi connectivity index (χ3v) is 5.19. The predicted molar refractivity (Wildman–Crippen MR) is 76.9 cm³/mol. The predicted octanol–water partition coefficient (Wildman–Crippen LogP) is 3.81. The Hall–Kier alpha value is -0.710. The molecule has 2 heterocycles. The molecule has 0 radical (unpaired) electrons. The van der Waals surface area contributed by atoms with E-state index in [0.717, 1.165) is 12.1 Å². The first-order valence-corrected chi connectivity index (χ1v) is 7.51. The largest absolute Gasteiger partial charge is 0.330 e. The number of nitrogens with two attached hydrogens (primary N) is 1. The zero-order valence-corrected chi connectivity index (χ0v) is 12.1. The Morgan fingerprint density at radius 2 is 2.12 bits per heavy atom. The van der Waals surface area contributed by atoms with E-state index in [2.05, 4.69) is 37.6 Å². The Kier molecular flexibility index (Phi) is 3.66. The molecule has 2 aromatic heterocycles. The Bertz CT molecular complexity index is 497. The topological polar surface area (TPSA) is 38.9 Å². The first-order valence-electron chi connectivity index (χ1n) is 5.75. The summed E-state index contributed by atoms with van der Waals surface area (Å²) in [6, 6.07) is 2.14. The van der Waals surface area contributed by atoms with Gasteiger partial charge in [0.15, 0.2) is 0 Å². The summed E-state index contributed by atoms with van der Waals surface area (Å²) >= 11 is 3.50. The molecule has 2 nitrogen and oxygen atoms in total. The molecular weight excluding hydrogens is 248 g/mol. The van der Waals surface area contributed by atoms with Crippen LogP contribution in [0.15, 0.2) is 16.8 Å². The molecule has 0 aliphatic rings. The lowest BCUT2D eigenvalue weighted by molar-refractivity contribution is 0.485. The Morgan fingerprint density at radius 3 is 2.71 bits per heavy atom. The van der Waals surface area contributed by atoms with E-state index in [9.17, 15) is 0 Å². The molecule has 0 unspecified atom stereocenters. The van der Waals surface area contributed by atoms with Crippen molar-refractivity contribution in [1.82, 2.24) is 4.98 Å². The lowest BCUT2D eigenvalue weighted by atomic mass is 9.90. The van der Waals surface area contributed by atoms with Crippen molar-refractivity contribution in [3.05, 3.63) is 27.4 Å². The van der Waals surface area contributed by atoms with Crippen molar-refractivity contribution in [3.8, 4) is 10.6 Å². The number of aromatic nitrogens is 1. The zero-order chi connectivity index (χ0) is 12.5. The number of hydrogen-bond acceptors (Lipinski definition) is 4. The number of nitrogens with zero attached hydrogens (tertiary/aromatic N) is 1. The fourth-order valence-electron chi connectivity index (χ4n) is 1.79. The maximum Gasteiger partial charge on any atom is 0.0989 e. The normalized spacial score (nSPS) is 12.0.